The zero-order valence-corrected chi connectivity index (χ0v) is 14.4. The predicted molar refractivity (Wildman–Crippen MR) is 101 cm³/mol. The van der Waals surface area contributed by atoms with Crippen LogP contribution in [-0.2, 0) is 0 Å². The zero-order chi connectivity index (χ0) is 16.0. The van der Waals surface area contributed by atoms with E-state index in [0.717, 1.165) is 5.75 Å². The van der Waals surface area contributed by atoms with Crippen LogP contribution in [0.25, 0.3) is 25.1 Å². The highest BCUT2D eigenvalue weighted by Crippen LogP contribution is 2.49. The number of ether oxygens (including phenoxy) is 1. The molecule has 0 saturated heterocycles. The van der Waals surface area contributed by atoms with E-state index in [0.29, 0.717) is 0 Å². The SMILES string of the molecule is COc1c(C)cc(-[s+]2c3ccccc3c3ccccc32)cc1C. The fourth-order valence-electron chi connectivity index (χ4n) is 3.46. The van der Waals surface area contributed by atoms with Crippen LogP contribution in [-0.4, -0.2) is 7.11 Å². The van der Waals surface area contributed by atoms with E-state index >= 15 is 0 Å². The third kappa shape index (κ3) is 2.13. The number of aryl methyl sites for hydroxylation is 2. The van der Waals surface area contributed by atoms with Gasteiger partial charge in [0.2, 0.25) is 0 Å². The summed E-state index contributed by atoms with van der Waals surface area (Å²) in [5, 5.41) is 2.75. The molecule has 0 fully saturated rings. The molecule has 0 aliphatic carbocycles. The number of methoxy groups -OCH3 is 1. The first kappa shape index (κ1) is 14.3. The van der Waals surface area contributed by atoms with Crippen molar-refractivity contribution in [3.63, 3.8) is 0 Å². The van der Waals surface area contributed by atoms with Crippen LogP contribution < -0.4 is 4.74 Å². The van der Waals surface area contributed by atoms with E-state index in [4.69, 9.17) is 4.74 Å². The maximum Gasteiger partial charge on any atom is 0.187 e. The minimum Gasteiger partial charge on any atom is -0.496 e. The van der Waals surface area contributed by atoms with E-state index in [9.17, 15) is 0 Å². The van der Waals surface area contributed by atoms with Crippen molar-refractivity contribution in [2.75, 3.05) is 7.11 Å². The molecule has 4 rings (SSSR count). The van der Waals surface area contributed by atoms with Crippen LogP contribution in [0.3, 0.4) is 0 Å². The van der Waals surface area contributed by atoms with Crippen molar-refractivity contribution >= 4 is 30.6 Å². The Hall–Kier alpha value is -2.32. The van der Waals surface area contributed by atoms with E-state index in [-0.39, 0.29) is 10.5 Å². The quantitative estimate of drug-likeness (QED) is 0.391. The highest BCUT2D eigenvalue weighted by molar-refractivity contribution is 7.50. The molecule has 0 radical (unpaired) electrons. The monoisotopic (exact) mass is 319 g/mol. The maximum atomic E-state index is 5.54. The number of rotatable bonds is 2. The molecular formula is C21H19OS+. The molecule has 4 aromatic rings. The average molecular weight is 319 g/mol. The van der Waals surface area contributed by atoms with Gasteiger partial charge in [-0.25, -0.2) is 0 Å². The lowest BCUT2D eigenvalue weighted by Crippen LogP contribution is -1.91. The predicted octanol–water partition coefficient (Wildman–Crippen LogP) is 6.36. The number of benzene rings is 3. The molecule has 2 heteroatoms. The summed E-state index contributed by atoms with van der Waals surface area (Å²) in [5.74, 6) is 0.998. The molecular weight excluding hydrogens is 300 g/mol. The summed E-state index contributed by atoms with van der Waals surface area (Å²) in [5.41, 5.74) is 2.41. The lowest BCUT2D eigenvalue weighted by molar-refractivity contribution is 0.408. The van der Waals surface area contributed by atoms with Gasteiger partial charge in [-0.2, -0.15) is 0 Å². The molecule has 0 saturated carbocycles. The Morgan fingerprint density at radius 1 is 0.739 bits per heavy atom. The number of thiophene rings is 1. The summed E-state index contributed by atoms with van der Waals surface area (Å²) in [6.07, 6.45) is 0. The summed E-state index contributed by atoms with van der Waals surface area (Å²) in [7, 11) is 1.72. The van der Waals surface area contributed by atoms with E-state index < -0.39 is 0 Å². The summed E-state index contributed by atoms with van der Waals surface area (Å²) < 4.78 is 8.39. The topological polar surface area (TPSA) is 9.23 Å². The third-order valence-corrected chi connectivity index (χ3v) is 6.68. The summed E-state index contributed by atoms with van der Waals surface area (Å²) in [4.78, 5) is 1.37. The standard InChI is InChI=1S/C21H19OS/c1-14-12-16(13-15(2)21(14)22-3)23-19-10-6-4-8-17(19)18-9-5-7-11-20(18)23/h4-13H,1-3H3/q+1. The molecule has 0 aliphatic heterocycles. The lowest BCUT2D eigenvalue weighted by atomic mass is 10.1. The van der Waals surface area contributed by atoms with E-state index in [1.54, 1.807) is 7.11 Å². The number of hydrogen-bond acceptors (Lipinski definition) is 1. The van der Waals surface area contributed by atoms with Crippen LogP contribution in [0.5, 0.6) is 5.75 Å². The van der Waals surface area contributed by atoms with Gasteiger partial charge in [-0.15, -0.1) is 0 Å². The van der Waals surface area contributed by atoms with E-state index in [2.05, 4.69) is 74.5 Å². The highest BCUT2D eigenvalue weighted by Gasteiger charge is 2.24. The number of fused-ring (bicyclic) bond motifs is 3. The molecule has 0 N–H and O–H groups in total. The molecule has 0 unspecified atom stereocenters. The van der Waals surface area contributed by atoms with Crippen molar-refractivity contribution in [3.05, 3.63) is 71.8 Å². The van der Waals surface area contributed by atoms with Crippen molar-refractivity contribution < 1.29 is 4.74 Å². The Morgan fingerprint density at radius 3 is 1.70 bits per heavy atom. The van der Waals surface area contributed by atoms with Crippen molar-refractivity contribution in [1.82, 2.24) is 0 Å². The summed E-state index contributed by atoms with van der Waals surface area (Å²) in [6.45, 7) is 4.26. The molecule has 23 heavy (non-hydrogen) atoms. The first-order chi connectivity index (χ1) is 11.2. The minimum atomic E-state index is -0.0269. The van der Waals surface area contributed by atoms with Gasteiger partial charge in [0.1, 0.15) is 5.75 Å². The van der Waals surface area contributed by atoms with Gasteiger partial charge in [0.05, 0.1) is 7.11 Å². The van der Waals surface area contributed by atoms with Gasteiger partial charge in [0.15, 0.2) is 14.3 Å². The Labute approximate surface area is 139 Å². The van der Waals surface area contributed by atoms with E-state index in [1.165, 1.54) is 36.2 Å². The first-order valence-corrected chi connectivity index (χ1v) is 9.01. The molecule has 0 aliphatic rings. The smallest absolute Gasteiger partial charge is 0.187 e. The van der Waals surface area contributed by atoms with Crippen molar-refractivity contribution in [3.8, 4) is 10.6 Å². The normalized spacial score (nSPS) is 11.3. The minimum absolute atomic E-state index is 0.0269. The molecule has 1 nitrogen and oxygen atoms in total. The average Bonchev–Trinajstić information content (AvgIpc) is 2.89. The maximum absolute atomic E-state index is 5.54. The van der Waals surface area contributed by atoms with Gasteiger partial charge in [-0.05, 0) is 49.2 Å². The first-order valence-electron chi connectivity index (χ1n) is 7.78. The van der Waals surface area contributed by atoms with Crippen molar-refractivity contribution in [1.29, 1.82) is 0 Å². The van der Waals surface area contributed by atoms with Crippen LogP contribution in [0.15, 0.2) is 60.7 Å². The van der Waals surface area contributed by atoms with Gasteiger partial charge >= 0.3 is 0 Å². The van der Waals surface area contributed by atoms with Crippen LogP contribution in [0, 0.1) is 13.8 Å². The van der Waals surface area contributed by atoms with Crippen LogP contribution in [0.1, 0.15) is 11.1 Å². The molecule has 0 spiro atoms. The molecule has 1 aromatic heterocycles. The summed E-state index contributed by atoms with van der Waals surface area (Å²) in [6, 6.07) is 22.2. The van der Waals surface area contributed by atoms with Gasteiger partial charge in [0, 0.05) is 33.4 Å². The Morgan fingerprint density at radius 2 is 1.22 bits per heavy atom. The second-order valence-corrected chi connectivity index (χ2v) is 7.85. The van der Waals surface area contributed by atoms with Gasteiger partial charge in [0.25, 0.3) is 0 Å². The molecule has 3 aromatic carbocycles. The Bertz CT molecular complexity index is 950. The van der Waals surface area contributed by atoms with Gasteiger partial charge in [-0.3, -0.25) is 0 Å². The number of hydrogen-bond donors (Lipinski definition) is 0. The van der Waals surface area contributed by atoms with Gasteiger partial charge in [-0.1, -0.05) is 24.3 Å². The molecule has 0 atom stereocenters. The van der Waals surface area contributed by atoms with Crippen molar-refractivity contribution in [2.24, 2.45) is 0 Å². The lowest BCUT2D eigenvalue weighted by Gasteiger charge is -2.08. The Balaban J connectivity index is 2.12. The molecule has 0 amide bonds. The molecule has 114 valence electrons. The zero-order valence-electron chi connectivity index (χ0n) is 13.6. The fraction of sp³-hybridized carbons (Fsp3) is 0.143. The largest absolute Gasteiger partial charge is 0.496 e. The Kier molecular flexibility index (Phi) is 3.35. The third-order valence-electron chi connectivity index (χ3n) is 4.38. The molecule has 0 bridgehead atoms. The van der Waals surface area contributed by atoms with E-state index in [1.807, 2.05) is 0 Å². The van der Waals surface area contributed by atoms with Crippen LogP contribution in [0.4, 0.5) is 0 Å². The summed E-state index contributed by atoms with van der Waals surface area (Å²) >= 11 is 0. The van der Waals surface area contributed by atoms with Gasteiger partial charge < -0.3 is 4.74 Å². The van der Waals surface area contributed by atoms with Crippen molar-refractivity contribution in [2.45, 2.75) is 13.8 Å². The van der Waals surface area contributed by atoms with Crippen LogP contribution in [0.2, 0.25) is 0 Å². The van der Waals surface area contributed by atoms with Crippen LogP contribution >= 0.6 is 10.5 Å². The molecule has 1 heterocycles. The second-order valence-electron chi connectivity index (χ2n) is 5.89. The highest BCUT2D eigenvalue weighted by atomic mass is 32.2. The second kappa shape index (κ2) is 5.39. The fourth-order valence-corrected chi connectivity index (χ4v) is 6.02.